The van der Waals surface area contributed by atoms with E-state index in [0.717, 1.165) is 10.1 Å². The first-order chi connectivity index (χ1) is 12.5. The van der Waals surface area contributed by atoms with E-state index in [1.807, 2.05) is 0 Å². The second kappa shape index (κ2) is 6.55. The van der Waals surface area contributed by atoms with Gasteiger partial charge in [0.15, 0.2) is 0 Å². The van der Waals surface area contributed by atoms with Crippen molar-refractivity contribution in [1.29, 1.82) is 0 Å². The number of benzene rings is 2. The maximum Gasteiger partial charge on any atom is 0.336 e. The van der Waals surface area contributed by atoms with E-state index in [1.165, 1.54) is 28.0 Å². The Labute approximate surface area is 156 Å². The highest BCUT2D eigenvalue weighted by Gasteiger charge is 2.16. The molecule has 2 heterocycles. The van der Waals surface area contributed by atoms with E-state index in [0.29, 0.717) is 20.9 Å². The van der Waals surface area contributed by atoms with Crippen LogP contribution < -0.4 is 11.2 Å². The van der Waals surface area contributed by atoms with Gasteiger partial charge in [0.2, 0.25) is 0 Å². The molecule has 0 saturated heterocycles. The minimum Gasteiger partial charge on any atom is -0.288 e. The van der Waals surface area contributed by atoms with Gasteiger partial charge >= 0.3 is 5.69 Å². The normalized spacial score (nSPS) is 11.2. The van der Waals surface area contributed by atoms with Gasteiger partial charge in [0.1, 0.15) is 10.5 Å². The number of rotatable bonds is 3. The Morgan fingerprint density at radius 3 is 2.35 bits per heavy atom. The molecule has 0 aliphatic rings. The van der Waals surface area contributed by atoms with Crippen molar-refractivity contribution in [2.75, 3.05) is 0 Å². The van der Waals surface area contributed by atoms with Crippen LogP contribution in [0.3, 0.4) is 0 Å². The van der Waals surface area contributed by atoms with E-state index >= 15 is 0 Å². The second-order valence-electron chi connectivity index (χ2n) is 5.75. The third kappa shape index (κ3) is 2.87. The van der Waals surface area contributed by atoms with Crippen LogP contribution in [0.15, 0.2) is 69.6 Å². The molecule has 2 aromatic heterocycles. The number of fused-ring (bicyclic) bond motifs is 1. The van der Waals surface area contributed by atoms with Crippen molar-refractivity contribution >= 4 is 33.2 Å². The number of nitrogens with zero attached hydrogens (tertiary/aromatic N) is 2. The van der Waals surface area contributed by atoms with Crippen molar-refractivity contribution in [3.63, 3.8) is 0 Å². The molecule has 7 heteroatoms. The summed E-state index contributed by atoms with van der Waals surface area (Å²) in [5, 5.41) is 2.30. The number of aromatic nitrogens is 2. The molecule has 0 spiro atoms. The van der Waals surface area contributed by atoms with Crippen molar-refractivity contribution in [2.24, 2.45) is 0 Å². The zero-order valence-electron chi connectivity index (χ0n) is 13.4. The van der Waals surface area contributed by atoms with Gasteiger partial charge in [-0.2, -0.15) is 0 Å². The van der Waals surface area contributed by atoms with Crippen molar-refractivity contribution in [2.45, 2.75) is 6.54 Å². The van der Waals surface area contributed by atoms with Gasteiger partial charge in [-0.05, 0) is 53.4 Å². The monoisotopic (exact) mass is 386 g/mol. The van der Waals surface area contributed by atoms with Crippen molar-refractivity contribution in [1.82, 2.24) is 9.13 Å². The Morgan fingerprint density at radius 2 is 1.65 bits per heavy atom. The van der Waals surface area contributed by atoms with Crippen LogP contribution in [0.1, 0.15) is 5.56 Å². The maximum atomic E-state index is 13.2. The topological polar surface area (TPSA) is 44.0 Å². The highest BCUT2D eigenvalue weighted by Crippen LogP contribution is 2.18. The lowest BCUT2D eigenvalue weighted by Crippen LogP contribution is -2.38. The summed E-state index contributed by atoms with van der Waals surface area (Å²) in [5.41, 5.74) is 0.972. The SMILES string of the molecule is O=c1c2sccc2n(Cc2ccc(F)cc2)c(=O)n1-c1ccc(Cl)cc1. The quantitative estimate of drug-likeness (QED) is 0.533. The minimum absolute atomic E-state index is 0.236. The standard InChI is InChI=1S/C19H12ClFN2O2S/c20-13-3-7-15(8-4-13)23-18(24)17-16(9-10-26-17)22(19(23)25)11-12-1-5-14(21)6-2-12/h1-10H,11H2. The lowest BCUT2D eigenvalue weighted by atomic mass is 10.2. The molecule has 0 unspecified atom stereocenters. The lowest BCUT2D eigenvalue weighted by Gasteiger charge is -2.12. The summed E-state index contributed by atoms with van der Waals surface area (Å²) >= 11 is 7.19. The van der Waals surface area contributed by atoms with Crippen LogP contribution >= 0.6 is 22.9 Å². The second-order valence-corrected chi connectivity index (χ2v) is 7.10. The van der Waals surface area contributed by atoms with Crippen LogP contribution in [-0.2, 0) is 6.54 Å². The first-order valence-electron chi connectivity index (χ1n) is 7.78. The minimum atomic E-state index is -0.451. The van der Waals surface area contributed by atoms with E-state index in [-0.39, 0.29) is 17.9 Å². The van der Waals surface area contributed by atoms with Gasteiger partial charge in [0, 0.05) is 5.02 Å². The van der Waals surface area contributed by atoms with Crippen LogP contribution in [0.5, 0.6) is 0 Å². The van der Waals surface area contributed by atoms with Crippen LogP contribution in [0.2, 0.25) is 5.02 Å². The summed E-state index contributed by atoms with van der Waals surface area (Å²) in [4.78, 5) is 25.9. The molecule has 130 valence electrons. The zero-order valence-corrected chi connectivity index (χ0v) is 14.9. The lowest BCUT2D eigenvalue weighted by molar-refractivity contribution is 0.625. The van der Waals surface area contributed by atoms with Gasteiger partial charge in [-0.1, -0.05) is 23.7 Å². The predicted octanol–water partition coefficient (Wildman–Crippen LogP) is 4.05. The summed E-state index contributed by atoms with van der Waals surface area (Å²) in [6.07, 6.45) is 0. The summed E-state index contributed by atoms with van der Waals surface area (Å²) in [6.45, 7) is 0.236. The highest BCUT2D eigenvalue weighted by atomic mass is 35.5. The Morgan fingerprint density at radius 1 is 0.962 bits per heavy atom. The van der Waals surface area contributed by atoms with Crippen LogP contribution in [0.25, 0.3) is 15.9 Å². The molecule has 4 rings (SSSR count). The highest BCUT2D eigenvalue weighted by molar-refractivity contribution is 7.17. The number of hydrogen-bond donors (Lipinski definition) is 0. The predicted molar refractivity (Wildman–Crippen MR) is 102 cm³/mol. The van der Waals surface area contributed by atoms with E-state index in [4.69, 9.17) is 11.6 Å². The molecule has 0 fully saturated rings. The largest absolute Gasteiger partial charge is 0.336 e. The molecule has 0 aliphatic heterocycles. The molecule has 0 aliphatic carbocycles. The van der Waals surface area contributed by atoms with Crippen LogP contribution in [0.4, 0.5) is 4.39 Å². The van der Waals surface area contributed by atoms with Gasteiger partial charge in [0.05, 0.1) is 17.7 Å². The Bertz CT molecular complexity index is 1210. The number of hydrogen-bond acceptors (Lipinski definition) is 3. The summed E-state index contributed by atoms with van der Waals surface area (Å²) in [7, 11) is 0. The molecule has 26 heavy (non-hydrogen) atoms. The number of thiophene rings is 1. The molecule has 0 radical (unpaired) electrons. The Hall–Kier alpha value is -2.70. The molecule has 0 saturated carbocycles. The van der Waals surface area contributed by atoms with Crippen LogP contribution in [-0.4, -0.2) is 9.13 Å². The zero-order chi connectivity index (χ0) is 18.3. The average molecular weight is 387 g/mol. The fourth-order valence-electron chi connectivity index (χ4n) is 2.83. The maximum absolute atomic E-state index is 13.2. The fraction of sp³-hybridized carbons (Fsp3) is 0.0526. The molecule has 0 atom stereocenters. The molecular weight excluding hydrogens is 375 g/mol. The van der Waals surface area contributed by atoms with Crippen LogP contribution in [0, 0.1) is 5.82 Å². The van der Waals surface area contributed by atoms with Crippen molar-refractivity contribution in [3.8, 4) is 5.69 Å². The molecular formula is C19H12ClFN2O2S. The van der Waals surface area contributed by atoms with Gasteiger partial charge in [-0.3, -0.25) is 9.36 Å². The van der Waals surface area contributed by atoms with E-state index in [2.05, 4.69) is 0 Å². The molecule has 0 amide bonds. The van der Waals surface area contributed by atoms with Gasteiger partial charge in [-0.15, -0.1) is 11.3 Å². The Balaban J connectivity index is 1.96. The van der Waals surface area contributed by atoms with E-state index in [1.54, 1.807) is 47.8 Å². The molecule has 0 bridgehead atoms. The molecule has 0 N–H and O–H groups in total. The van der Waals surface area contributed by atoms with Crippen molar-refractivity contribution < 1.29 is 4.39 Å². The third-order valence-electron chi connectivity index (χ3n) is 4.09. The van der Waals surface area contributed by atoms with E-state index in [9.17, 15) is 14.0 Å². The Kier molecular flexibility index (Phi) is 4.22. The average Bonchev–Trinajstić information content (AvgIpc) is 3.12. The van der Waals surface area contributed by atoms with Gasteiger partial charge in [-0.25, -0.2) is 13.8 Å². The van der Waals surface area contributed by atoms with Gasteiger partial charge < -0.3 is 0 Å². The first kappa shape index (κ1) is 16.8. The fourth-order valence-corrected chi connectivity index (χ4v) is 3.78. The van der Waals surface area contributed by atoms with E-state index < -0.39 is 5.69 Å². The summed E-state index contributed by atoms with van der Waals surface area (Å²) < 4.78 is 16.3. The number of halogens is 2. The molecule has 4 aromatic rings. The molecule has 2 aromatic carbocycles. The smallest absolute Gasteiger partial charge is 0.288 e. The molecule has 4 nitrogen and oxygen atoms in total. The van der Waals surface area contributed by atoms with Crippen molar-refractivity contribution in [3.05, 3.63) is 97.2 Å². The summed E-state index contributed by atoms with van der Waals surface area (Å²) in [6, 6.07) is 14.2. The third-order valence-corrected chi connectivity index (χ3v) is 5.24. The first-order valence-corrected chi connectivity index (χ1v) is 9.04. The summed E-state index contributed by atoms with van der Waals surface area (Å²) in [5.74, 6) is -0.340. The van der Waals surface area contributed by atoms with Gasteiger partial charge in [0.25, 0.3) is 5.56 Å².